The third kappa shape index (κ3) is 4.99. The Morgan fingerprint density at radius 3 is 2.59 bits per heavy atom. The average Bonchev–Trinajstić information content (AvgIpc) is 3.36. The molecular formula is C19H20N4O2S2. The van der Waals surface area contributed by atoms with Gasteiger partial charge in [0.25, 0.3) is 5.91 Å². The zero-order valence-electron chi connectivity index (χ0n) is 15.0. The Labute approximate surface area is 165 Å². The largest absolute Gasteiger partial charge is 0.348 e. The molecule has 0 radical (unpaired) electrons. The number of nitrogens with one attached hydrogen (secondary N) is 2. The highest BCUT2D eigenvalue weighted by Crippen LogP contribution is 2.21. The molecule has 0 spiro atoms. The van der Waals surface area contributed by atoms with E-state index < -0.39 is 6.04 Å². The van der Waals surface area contributed by atoms with E-state index in [0.717, 1.165) is 16.3 Å². The first-order chi connectivity index (χ1) is 13.0. The first-order valence-electron chi connectivity index (χ1n) is 8.51. The first-order valence-corrected chi connectivity index (χ1v) is 10.3. The molecule has 3 aromatic heterocycles. The second-order valence-corrected chi connectivity index (χ2v) is 8.14. The molecule has 0 fully saturated rings. The van der Waals surface area contributed by atoms with Gasteiger partial charge in [-0.25, -0.2) is 4.98 Å². The van der Waals surface area contributed by atoms with Gasteiger partial charge in [0.15, 0.2) is 0 Å². The highest BCUT2D eigenvalue weighted by atomic mass is 32.1. The second-order valence-electron chi connectivity index (χ2n) is 6.25. The van der Waals surface area contributed by atoms with Crippen LogP contribution in [0.3, 0.4) is 0 Å². The zero-order chi connectivity index (χ0) is 19.2. The van der Waals surface area contributed by atoms with Crippen LogP contribution in [0.15, 0.2) is 47.4 Å². The van der Waals surface area contributed by atoms with E-state index in [0.29, 0.717) is 11.4 Å². The monoisotopic (exact) mass is 400 g/mol. The summed E-state index contributed by atoms with van der Waals surface area (Å²) in [4.78, 5) is 34.0. The standard InChI is InChI=1S/C19H20N4O2S2/c1-12(2)17(23-18(24)15-4-3-9-26-15)19(25)21-10-16-22-14(11-27-16)13-5-7-20-8-6-13/h3-9,11-12,17H,10H2,1-2H3,(H,21,25)(H,23,24). The topological polar surface area (TPSA) is 84.0 Å². The highest BCUT2D eigenvalue weighted by Gasteiger charge is 2.25. The van der Waals surface area contributed by atoms with Gasteiger partial charge in [-0.2, -0.15) is 0 Å². The number of carbonyl (C=O) groups excluding carboxylic acids is 2. The van der Waals surface area contributed by atoms with Crippen molar-refractivity contribution in [3.05, 3.63) is 57.3 Å². The molecule has 2 amide bonds. The highest BCUT2D eigenvalue weighted by molar-refractivity contribution is 7.12. The number of amides is 2. The van der Waals surface area contributed by atoms with Crippen molar-refractivity contribution >= 4 is 34.5 Å². The minimum atomic E-state index is -0.598. The molecular weight excluding hydrogens is 380 g/mol. The molecule has 1 unspecified atom stereocenters. The Hall–Kier alpha value is -2.58. The predicted molar refractivity (Wildman–Crippen MR) is 108 cm³/mol. The van der Waals surface area contributed by atoms with E-state index in [2.05, 4.69) is 20.6 Å². The minimum Gasteiger partial charge on any atom is -0.348 e. The number of thiophene rings is 1. The van der Waals surface area contributed by atoms with Crippen LogP contribution in [-0.4, -0.2) is 27.8 Å². The molecule has 1 atom stereocenters. The van der Waals surface area contributed by atoms with E-state index in [1.165, 1.54) is 22.7 Å². The fourth-order valence-electron chi connectivity index (χ4n) is 2.48. The average molecular weight is 401 g/mol. The van der Waals surface area contributed by atoms with Gasteiger partial charge >= 0.3 is 0 Å². The summed E-state index contributed by atoms with van der Waals surface area (Å²) >= 11 is 2.84. The van der Waals surface area contributed by atoms with Crippen LogP contribution in [0.4, 0.5) is 0 Å². The van der Waals surface area contributed by atoms with Crippen molar-refractivity contribution in [1.82, 2.24) is 20.6 Å². The molecule has 0 aliphatic carbocycles. The van der Waals surface area contributed by atoms with Crippen molar-refractivity contribution in [3.8, 4) is 11.3 Å². The van der Waals surface area contributed by atoms with E-state index >= 15 is 0 Å². The molecule has 2 N–H and O–H groups in total. The molecule has 0 aromatic carbocycles. The van der Waals surface area contributed by atoms with Crippen molar-refractivity contribution in [3.63, 3.8) is 0 Å². The number of nitrogens with zero attached hydrogens (tertiary/aromatic N) is 2. The van der Waals surface area contributed by atoms with Gasteiger partial charge < -0.3 is 10.6 Å². The van der Waals surface area contributed by atoms with Gasteiger partial charge in [-0.3, -0.25) is 14.6 Å². The lowest BCUT2D eigenvalue weighted by atomic mass is 10.0. The van der Waals surface area contributed by atoms with Crippen molar-refractivity contribution in [2.24, 2.45) is 5.92 Å². The first kappa shape index (κ1) is 19.2. The Morgan fingerprint density at radius 1 is 1.15 bits per heavy atom. The van der Waals surface area contributed by atoms with Crippen LogP contribution in [0, 0.1) is 5.92 Å². The van der Waals surface area contributed by atoms with Crippen molar-refractivity contribution in [2.45, 2.75) is 26.4 Å². The van der Waals surface area contributed by atoms with E-state index in [9.17, 15) is 9.59 Å². The van der Waals surface area contributed by atoms with Crippen molar-refractivity contribution < 1.29 is 9.59 Å². The summed E-state index contributed by atoms with van der Waals surface area (Å²) in [5.74, 6) is -0.471. The summed E-state index contributed by atoms with van der Waals surface area (Å²) < 4.78 is 0. The summed E-state index contributed by atoms with van der Waals surface area (Å²) in [6.07, 6.45) is 3.44. The molecule has 3 aromatic rings. The summed E-state index contributed by atoms with van der Waals surface area (Å²) in [5.41, 5.74) is 1.85. The maximum Gasteiger partial charge on any atom is 0.262 e. The Morgan fingerprint density at radius 2 is 1.93 bits per heavy atom. The molecule has 0 bridgehead atoms. The molecule has 0 aliphatic rings. The smallest absolute Gasteiger partial charge is 0.262 e. The van der Waals surface area contributed by atoms with Crippen molar-refractivity contribution in [1.29, 1.82) is 0 Å². The van der Waals surface area contributed by atoms with Crippen LogP contribution in [0.25, 0.3) is 11.3 Å². The Kier molecular flexibility index (Phi) is 6.31. The quantitative estimate of drug-likeness (QED) is 0.637. The molecule has 8 heteroatoms. The predicted octanol–water partition coefficient (Wildman–Crippen LogP) is 3.34. The maximum atomic E-state index is 12.6. The van der Waals surface area contributed by atoms with Crippen LogP contribution >= 0.6 is 22.7 Å². The molecule has 3 rings (SSSR count). The summed E-state index contributed by atoms with van der Waals surface area (Å²) in [5, 5.41) is 10.3. The fourth-order valence-corrected chi connectivity index (χ4v) is 3.84. The zero-order valence-corrected chi connectivity index (χ0v) is 16.6. The van der Waals surface area contributed by atoms with Crippen LogP contribution in [0.5, 0.6) is 0 Å². The van der Waals surface area contributed by atoms with Gasteiger partial charge in [-0.15, -0.1) is 22.7 Å². The lowest BCUT2D eigenvalue weighted by Crippen LogP contribution is -2.49. The van der Waals surface area contributed by atoms with Crippen LogP contribution in [0.1, 0.15) is 28.5 Å². The van der Waals surface area contributed by atoms with E-state index in [4.69, 9.17) is 0 Å². The molecule has 140 valence electrons. The van der Waals surface area contributed by atoms with Gasteiger partial charge in [-0.1, -0.05) is 19.9 Å². The van der Waals surface area contributed by atoms with E-state index in [1.54, 1.807) is 18.5 Å². The van der Waals surface area contributed by atoms with Crippen LogP contribution < -0.4 is 10.6 Å². The van der Waals surface area contributed by atoms with E-state index in [1.807, 2.05) is 42.8 Å². The molecule has 27 heavy (non-hydrogen) atoms. The fraction of sp³-hybridized carbons (Fsp3) is 0.263. The van der Waals surface area contributed by atoms with Crippen LogP contribution in [0.2, 0.25) is 0 Å². The summed E-state index contributed by atoms with van der Waals surface area (Å²) in [6.45, 7) is 4.14. The summed E-state index contributed by atoms with van der Waals surface area (Å²) in [6, 6.07) is 6.75. The lowest BCUT2D eigenvalue weighted by Gasteiger charge is -2.21. The normalized spacial score (nSPS) is 12.0. The van der Waals surface area contributed by atoms with Crippen LogP contribution in [-0.2, 0) is 11.3 Å². The SMILES string of the molecule is CC(C)C(NC(=O)c1cccs1)C(=O)NCc1nc(-c2ccncc2)cs1. The number of thiazole rings is 1. The number of rotatable bonds is 7. The van der Waals surface area contributed by atoms with E-state index in [-0.39, 0.29) is 17.7 Å². The lowest BCUT2D eigenvalue weighted by molar-refractivity contribution is -0.124. The van der Waals surface area contributed by atoms with Gasteiger partial charge in [0, 0.05) is 23.3 Å². The maximum absolute atomic E-state index is 12.6. The summed E-state index contributed by atoms with van der Waals surface area (Å²) in [7, 11) is 0. The molecule has 6 nitrogen and oxygen atoms in total. The number of hydrogen-bond acceptors (Lipinski definition) is 6. The number of aromatic nitrogens is 2. The number of pyridine rings is 1. The Bertz CT molecular complexity index is 892. The molecule has 0 aliphatic heterocycles. The Balaban J connectivity index is 1.60. The molecule has 3 heterocycles. The number of carbonyl (C=O) groups is 2. The molecule has 0 saturated heterocycles. The molecule has 0 saturated carbocycles. The second kappa shape index (κ2) is 8.88. The third-order valence-corrected chi connectivity index (χ3v) is 5.64. The number of hydrogen-bond donors (Lipinski definition) is 2. The van der Waals surface area contributed by atoms with Gasteiger partial charge in [0.05, 0.1) is 17.1 Å². The van der Waals surface area contributed by atoms with Gasteiger partial charge in [0.1, 0.15) is 11.0 Å². The van der Waals surface area contributed by atoms with Gasteiger partial charge in [0.2, 0.25) is 5.91 Å². The van der Waals surface area contributed by atoms with Crippen molar-refractivity contribution in [2.75, 3.05) is 0 Å². The van der Waals surface area contributed by atoms with Gasteiger partial charge in [-0.05, 0) is 29.5 Å². The third-order valence-electron chi connectivity index (χ3n) is 3.92. The minimum absolute atomic E-state index is 0.0300.